The summed E-state index contributed by atoms with van der Waals surface area (Å²) >= 11 is 1.26. The molecule has 0 aliphatic heterocycles. The van der Waals surface area contributed by atoms with Crippen molar-refractivity contribution in [2.45, 2.75) is 33.6 Å². The molecule has 6 heteroatoms. The molecule has 0 fully saturated rings. The Balaban J connectivity index is 1.70. The van der Waals surface area contributed by atoms with Crippen LogP contribution in [0.3, 0.4) is 0 Å². The number of para-hydroxylation sites is 1. The third-order valence-electron chi connectivity index (χ3n) is 4.49. The highest BCUT2D eigenvalue weighted by Crippen LogP contribution is 2.29. The van der Waals surface area contributed by atoms with Crippen molar-refractivity contribution in [1.29, 1.82) is 0 Å². The fourth-order valence-corrected chi connectivity index (χ4v) is 3.91. The number of nitrogens with one attached hydrogen (secondary N) is 1. The Bertz CT molecular complexity index is 1030. The monoisotopic (exact) mass is 408 g/mol. The lowest BCUT2D eigenvalue weighted by Gasteiger charge is -2.16. The largest absolute Gasteiger partial charge is 0.451 e. The fourth-order valence-electron chi connectivity index (χ4n) is 3.07. The van der Waals surface area contributed by atoms with Gasteiger partial charge in [-0.05, 0) is 30.9 Å². The SMILES string of the molecule is Cc1nc(-c2ccccc2)c(C(=O)OCC(=O)Nc2c(C)cccc2C(C)C)s1. The number of rotatable bonds is 6. The minimum Gasteiger partial charge on any atom is -0.451 e. The van der Waals surface area contributed by atoms with E-state index < -0.39 is 5.97 Å². The molecule has 29 heavy (non-hydrogen) atoms. The number of hydrogen-bond donors (Lipinski definition) is 1. The van der Waals surface area contributed by atoms with Crippen LogP contribution in [0.15, 0.2) is 48.5 Å². The van der Waals surface area contributed by atoms with Gasteiger partial charge in [-0.15, -0.1) is 11.3 Å². The number of benzene rings is 2. The minimum absolute atomic E-state index is 0.265. The molecule has 1 amide bonds. The van der Waals surface area contributed by atoms with Crippen molar-refractivity contribution >= 4 is 28.9 Å². The lowest BCUT2D eigenvalue weighted by atomic mass is 9.98. The maximum Gasteiger partial charge on any atom is 0.351 e. The molecule has 0 unspecified atom stereocenters. The van der Waals surface area contributed by atoms with Crippen molar-refractivity contribution in [1.82, 2.24) is 4.98 Å². The maximum absolute atomic E-state index is 12.6. The molecular formula is C23H24N2O3S. The number of nitrogens with zero attached hydrogens (tertiary/aromatic N) is 1. The van der Waals surface area contributed by atoms with E-state index in [4.69, 9.17) is 4.74 Å². The summed E-state index contributed by atoms with van der Waals surface area (Å²) in [6, 6.07) is 15.4. The fraction of sp³-hybridized carbons (Fsp3) is 0.261. The molecule has 1 N–H and O–H groups in total. The van der Waals surface area contributed by atoms with Crippen molar-refractivity contribution in [3.8, 4) is 11.3 Å². The highest BCUT2D eigenvalue weighted by Gasteiger charge is 2.21. The van der Waals surface area contributed by atoms with Gasteiger partial charge in [0.2, 0.25) is 0 Å². The van der Waals surface area contributed by atoms with Crippen molar-refractivity contribution in [3.05, 3.63) is 69.5 Å². The number of aromatic nitrogens is 1. The molecule has 0 atom stereocenters. The van der Waals surface area contributed by atoms with Crippen molar-refractivity contribution < 1.29 is 14.3 Å². The lowest BCUT2D eigenvalue weighted by molar-refractivity contribution is -0.119. The average molecular weight is 409 g/mol. The highest BCUT2D eigenvalue weighted by molar-refractivity contribution is 7.14. The van der Waals surface area contributed by atoms with Gasteiger partial charge in [0.25, 0.3) is 5.91 Å². The highest BCUT2D eigenvalue weighted by atomic mass is 32.1. The van der Waals surface area contributed by atoms with Crippen LogP contribution in [0.5, 0.6) is 0 Å². The zero-order chi connectivity index (χ0) is 21.0. The summed E-state index contributed by atoms with van der Waals surface area (Å²) in [5.74, 6) is -0.642. The predicted molar refractivity (Wildman–Crippen MR) is 116 cm³/mol. The molecule has 1 heterocycles. The van der Waals surface area contributed by atoms with E-state index >= 15 is 0 Å². The summed E-state index contributed by atoms with van der Waals surface area (Å²) in [7, 11) is 0. The van der Waals surface area contributed by atoms with Crippen molar-refractivity contribution in [2.24, 2.45) is 0 Å². The Labute approximate surface area is 174 Å². The van der Waals surface area contributed by atoms with E-state index in [0.717, 1.165) is 27.4 Å². The van der Waals surface area contributed by atoms with E-state index in [0.29, 0.717) is 10.6 Å². The third kappa shape index (κ3) is 4.90. The molecule has 1 aromatic heterocycles. The van der Waals surface area contributed by atoms with Crippen LogP contribution in [0.25, 0.3) is 11.3 Å². The van der Waals surface area contributed by atoms with Crippen LogP contribution in [0.2, 0.25) is 0 Å². The van der Waals surface area contributed by atoms with E-state index in [1.165, 1.54) is 11.3 Å². The number of carbonyl (C=O) groups is 2. The maximum atomic E-state index is 12.6. The van der Waals surface area contributed by atoms with Crippen LogP contribution in [0.4, 0.5) is 5.69 Å². The number of anilines is 1. The van der Waals surface area contributed by atoms with Gasteiger partial charge in [0.15, 0.2) is 6.61 Å². The Morgan fingerprint density at radius 1 is 1.07 bits per heavy atom. The molecule has 0 saturated heterocycles. The van der Waals surface area contributed by atoms with Crippen LogP contribution in [0.1, 0.15) is 45.6 Å². The Morgan fingerprint density at radius 3 is 2.48 bits per heavy atom. The summed E-state index contributed by atoms with van der Waals surface area (Å²) in [6.07, 6.45) is 0. The summed E-state index contributed by atoms with van der Waals surface area (Å²) < 4.78 is 5.30. The van der Waals surface area contributed by atoms with E-state index in [1.807, 2.05) is 62.4 Å². The van der Waals surface area contributed by atoms with E-state index in [1.54, 1.807) is 0 Å². The molecule has 150 valence electrons. The third-order valence-corrected chi connectivity index (χ3v) is 5.44. The number of hydrogen-bond acceptors (Lipinski definition) is 5. The normalized spacial score (nSPS) is 10.8. The van der Waals surface area contributed by atoms with Gasteiger partial charge in [0.1, 0.15) is 4.88 Å². The van der Waals surface area contributed by atoms with Crippen molar-refractivity contribution in [3.63, 3.8) is 0 Å². The van der Waals surface area contributed by atoms with Gasteiger partial charge in [0, 0.05) is 11.3 Å². The average Bonchev–Trinajstić information content (AvgIpc) is 3.10. The molecule has 0 bridgehead atoms. The number of ether oxygens (including phenoxy) is 1. The van der Waals surface area contributed by atoms with E-state index in [9.17, 15) is 9.59 Å². The summed E-state index contributed by atoms with van der Waals surface area (Å²) in [5.41, 5.74) is 4.23. The standard InChI is InChI=1S/C23H24N2O3S/c1-14(2)18-12-8-9-15(3)20(18)25-19(26)13-28-23(27)22-21(24-16(4)29-22)17-10-6-5-7-11-17/h5-12,14H,13H2,1-4H3,(H,25,26). The predicted octanol–water partition coefficient (Wildman–Crippen LogP) is 5.35. The van der Waals surface area contributed by atoms with Crippen LogP contribution in [0, 0.1) is 13.8 Å². The van der Waals surface area contributed by atoms with Crippen LogP contribution in [-0.4, -0.2) is 23.5 Å². The molecular weight excluding hydrogens is 384 g/mol. The number of esters is 1. The van der Waals surface area contributed by atoms with Crippen LogP contribution in [-0.2, 0) is 9.53 Å². The second-order valence-corrected chi connectivity index (χ2v) is 8.30. The molecule has 2 aromatic carbocycles. The first-order valence-corrected chi connectivity index (χ1v) is 10.3. The first-order chi connectivity index (χ1) is 13.9. The lowest BCUT2D eigenvalue weighted by Crippen LogP contribution is -2.22. The molecule has 5 nitrogen and oxygen atoms in total. The van der Waals surface area contributed by atoms with Gasteiger partial charge >= 0.3 is 5.97 Å². The van der Waals surface area contributed by atoms with E-state index in [2.05, 4.69) is 24.1 Å². The molecule has 0 spiro atoms. The van der Waals surface area contributed by atoms with Gasteiger partial charge in [-0.2, -0.15) is 0 Å². The number of carbonyl (C=O) groups excluding carboxylic acids is 2. The molecule has 0 aliphatic carbocycles. The smallest absolute Gasteiger partial charge is 0.351 e. The zero-order valence-electron chi connectivity index (χ0n) is 17.0. The summed E-state index contributed by atoms with van der Waals surface area (Å²) in [6.45, 7) is 7.57. The van der Waals surface area contributed by atoms with Gasteiger partial charge in [-0.25, -0.2) is 9.78 Å². The number of thiazole rings is 1. The molecule has 3 aromatic rings. The van der Waals surface area contributed by atoms with Gasteiger partial charge in [0.05, 0.1) is 10.7 Å². The summed E-state index contributed by atoms with van der Waals surface area (Å²) in [4.78, 5) is 29.9. The second-order valence-electron chi connectivity index (χ2n) is 7.09. The number of aryl methyl sites for hydroxylation is 2. The first kappa shape index (κ1) is 20.7. The van der Waals surface area contributed by atoms with Gasteiger partial charge in [-0.1, -0.05) is 62.4 Å². The Morgan fingerprint density at radius 2 is 1.79 bits per heavy atom. The van der Waals surface area contributed by atoms with Crippen LogP contribution >= 0.6 is 11.3 Å². The molecule has 3 rings (SSSR count). The first-order valence-electron chi connectivity index (χ1n) is 9.46. The zero-order valence-corrected chi connectivity index (χ0v) is 17.8. The van der Waals surface area contributed by atoms with E-state index in [-0.39, 0.29) is 18.4 Å². The Hall–Kier alpha value is -2.99. The number of amides is 1. The van der Waals surface area contributed by atoms with Crippen LogP contribution < -0.4 is 5.32 Å². The molecule has 0 radical (unpaired) electrons. The van der Waals surface area contributed by atoms with Gasteiger partial charge < -0.3 is 10.1 Å². The minimum atomic E-state index is -0.543. The molecule has 0 saturated carbocycles. The van der Waals surface area contributed by atoms with Crippen molar-refractivity contribution in [2.75, 3.05) is 11.9 Å². The Kier molecular flexibility index (Phi) is 6.44. The second kappa shape index (κ2) is 9.01. The summed E-state index contributed by atoms with van der Waals surface area (Å²) in [5, 5.41) is 3.66. The quantitative estimate of drug-likeness (QED) is 0.559. The van der Waals surface area contributed by atoms with Gasteiger partial charge in [-0.3, -0.25) is 4.79 Å². The molecule has 0 aliphatic rings. The topological polar surface area (TPSA) is 68.3 Å².